The van der Waals surface area contributed by atoms with E-state index in [0.717, 1.165) is 5.32 Å². The van der Waals surface area contributed by atoms with Crippen molar-refractivity contribution in [3.63, 3.8) is 0 Å². The molecule has 2 nitrogen and oxygen atoms in total. The van der Waals surface area contributed by atoms with Crippen LogP contribution in [0.25, 0.3) is 0 Å². The molecule has 0 aliphatic rings. The first-order valence-corrected chi connectivity index (χ1v) is 5.75. The van der Waals surface area contributed by atoms with Gasteiger partial charge in [-0.3, -0.25) is 0 Å². The Hall–Kier alpha value is -0.791. The van der Waals surface area contributed by atoms with Crippen LogP contribution < -0.4 is 4.46 Å². The molecule has 0 spiro atoms. The summed E-state index contributed by atoms with van der Waals surface area (Å²) in [6, 6.07) is 10.0. The van der Waals surface area contributed by atoms with Gasteiger partial charge in [0.2, 0.25) is 0 Å². The van der Waals surface area contributed by atoms with Gasteiger partial charge in [0.25, 0.3) is 0 Å². The van der Waals surface area contributed by atoms with E-state index in [0.29, 0.717) is 15.0 Å². The molecule has 64 valence electrons. The van der Waals surface area contributed by atoms with Crippen molar-refractivity contribution in [2.75, 3.05) is 0 Å². The third kappa shape index (κ3) is 3.56. The minimum absolute atomic E-state index is 0.287. The van der Waals surface area contributed by atoms with Gasteiger partial charge in [0.05, 0.1) is 0 Å². The van der Waals surface area contributed by atoms with E-state index in [4.69, 9.17) is 5.11 Å². The number of hydrogen-bond acceptors (Lipinski definition) is 1. The Morgan fingerprint density at radius 3 is 2.58 bits per heavy atom. The molecule has 0 unspecified atom stereocenters. The summed E-state index contributed by atoms with van der Waals surface area (Å²) in [5, 5.41) is 9.19. The van der Waals surface area contributed by atoms with Crippen LogP contribution >= 0.6 is 0 Å². The van der Waals surface area contributed by atoms with E-state index >= 15 is 0 Å². The Morgan fingerprint density at radius 2 is 2.00 bits per heavy atom. The zero-order chi connectivity index (χ0) is 8.81. The molecule has 0 heterocycles. The number of hydrogen-bond donors (Lipinski definition) is 1. The Morgan fingerprint density at radius 1 is 1.33 bits per heavy atom. The average Bonchev–Trinajstić information content (AvgIpc) is 2.05. The molecule has 0 saturated heterocycles. The predicted octanol–water partition coefficient (Wildman–Crippen LogP) is 0.909. The fourth-order valence-electron chi connectivity index (χ4n) is 0.773. The van der Waals surface area contributed by atoms with Gasteiger partial charge >= 0.3 is 77.4 Å². The molecule has 0 aliphatic carbocycles. The van der Waals surface area contributed by atoms with Crippen molar-refractivity contribution in [2.45, 2.75) is 11.7 Å². The van der Waals surface area contributed by atoms with Crippen LogP contribution in [0, 0.1) is 0 Å². The summed E-state index contributed by atoms with van der Waals surface area (Å²) in [7, 11) is 0. The normalized spacial score (nSPS) is 9.67. The van der Waals surface area contributed by atoms with Crippen molar-refractivity contribution < 1.29 is 9.90 Å². The molecule has 3 heteroatoms. The summed E-state index contributed by atoms with van der Waals surface area (Å²) < 4.78 is 1.27. The molecule has 12 heavy (non-hydrogen) atoms. The quantitative estimate of drug-likeness (QED) is 0.779. The van der Waals surface area contributed by atoms with Crippen LogP contribution in [0.5, 0.6) is 0 Å². The maximum atomic E-state index is 10.2. The SMILES string of the molecule is O=C(O)CC[Se]c1ccccc1. The third-order valence-electron chi connectivity index (χ3n) is 1.33. The minimum atomic E-state index is -0.701. The number of carbonyl (C=O) groups is 1. The number of aliphatic carboxylic acids is 1. The molecular weight excluding hydrogens is 219 g/mol. The maximum absolute atomic E-state index is 10.2. The Bertz CT molecular complexity index is 246. The Balaban J connectivity index is 2.29. The van der Waals surface area contributed by atoms with Crippen molar-refractivity contribution >= 4 is 25.4 Å². The van der Waals surface area contributed by atoms with Gasteiger partial charge in [0, 0.05) is 0 Å². The summed E-state index contributed by atoms with van der Waals surface area (Å²) in [6.07, 6.45) is 0.287. The molecule has 0 fully saturated rings. The number of carboxylic acids is 1. The van der Waals surface area contributed by atoms with Gasteiger partial charge in [0.1, 0.15) is 0 Å². The Labute approximate surface area is 77.8 Å². The summed E-state index contributed by atoms with van der Waals surface area (Å²) >= 11 is 0.319. The van der Waals surface area contributed by atoms with Crippen LogP contribution in [0.4, 0.5) is 0 Å². The summed E-state index contributed by atoms with van der Waals surface area (Å²) in [5.74, 6) is -0.701. The number of carboxylic acid groups (broad SMARTS) is 1. The Kier molecular flexibility index (Phi) is 3.85. The van der Waals surface area contributed by atoms with Gasteiger partial charge in [-0.25, -0.2) is 0 Å². The first-order chi connectivity index (χ1) is 5.79. The first-order valence-electron chi connectivity index (χ1n) is 3.68. The van der Waals surface area contributed by atoms with Crippen LogP contribution in [-0.4, -0.2) is 26.0 Å². The van der Waals surface area contributed by atoms with E-state index in [2.05, 4.69) is 0 Å². The van der Waals surface area contributed by atoms with Crippen molar-refractivity contribution in [2.24, 2.45) is 0 Å². The van der Waals surface area contributed by atoms with Crippen LogP contribution in [0.1, 0.15) is 6.42 Å². The van der Waals surface area contributed by atoms with Gasteiger partial charge in [-0.15, -0.1) is 0 Å². The van der Waals surface area contributed by atoms with Crippen LogP contribution in [-0.2, 0) is 4.79 Å². The monoisotopic (exact) mass is 230 g/mol. The van der Waals surface area contributed by atoms with Gasteiger partial charge in [0.15, 0.2) is 0 Å². The molecule has 0 saturated carbocycles. The van der Waals surface area contributed by atoms with E-state index < -0.39 is 5.97 Å². The van der Waals surface area contributed by atoms with Gasteiger partial charge in [-0.05, 0) is 0 Å². The second kappa shape index (κ2) is 4.96. The molecule has 1 rings (SSSR count). The van der Waals surface area contributed by atoms with Gasteiger partial charge in [-0.1, -0.05) is 0 Å². The molecule has 0 aromatic heterocycles. The van der Waals surface area contributed by atoms with Crippen molar-refractivity contribution in [3.05, 3.63) is 30.3 Å². The molecule has 1 aromatic rings. The zero-order valence-corrected chi connectivity index (χ0v) is 8.28. The summed E-state index contributed by atoms with van der Waals surface area (Å²) in [4.78, 5) is 10.2. The van der Waals surface area contributed by atoms with Crippen molar-refractivity contribution in [1.82, 2.24) is 0 Å². The standard InChI is InChI=1S/C9H10O2Se/c10-9(11)6-7-12-8-4-2-1-3-5-8/h1-5H,6-7H2,(H,10,11). The number of rotatable bonds is 4. The number of benzene rings is 1. The van der Waals surface area contributed by atoms with Crippen molar-refractivity contribution in [1.29, 1.82) is 0 Å². The van der Waals surface area contributed by atoms with Crippen LogP contribution in [0.2, 0.25) is 5.32 Å². The molecular formula is C9H10O2Se. The second-order valence-electron chi connectivity index (χ2n) is 2.31. The van der Waals surface area contributed by atoms with E-state index in [-0.39, 0.29) is 6.42 Å². The fourth-order valence-corrected chi connectivity index (χ4v) is 2.58. The van der Waals surface area contributed by atoms with Gasteiger partial charge < -0.3 is 0 Å². The molecule has 1 N–H and O–H groups in total. The fraction of sp³-hybridized carbons (Fsp3) is 0.222. The van der Waals surface area contributed by atoms with E-state index in [9.17, 15) is 4.79 Å². The zero-order valence-electron chi connectivity index (χ0n) is 6.56. The molecule has 0 aliphatic heterocycles. The molecule has 0 atom stereocenters. The predicted molar refractivity (Wildman–Crippen MR) is 48.9 cm³/mol. The van der Waals surface area contributed by atoms with Crippen LogP contribution in [0.15, 0.2) is 30.3 Å². The van der Waals surface area contributed by atoms with E-state index in [1.165, 1.54) is 4.46 Å². The van der Waals surface area contributed by atoms with Crippen molar-refractivity contribution in [3.8, 4) is 0 Å². The molecule has 0 bridgehead atoms. The van der Waals surface area contributed by atoms with Crippen LogP contribution in [0.3, 0.4) is 0 Å². The van der Waals surface area contributed by atoms with E-state index in [1.54, 1.807) is 0 Å². The topological polar surface area (TPSA) is 37.3 Å². The molecule has 0 radical (unpaired) electrons. The second-order valence-corrected chi connectivity index (χ2v) is 4.76. The van der Waals surface area contributed by atoms with E-state index in [1.807, 2.05) is 30.3 Å². The molecule has 0 amide bonds. The molecule has 1 aromatic carbocycles. The average molecular weight is 229 g/mol. The third-order valence-corrected chi connectivity index (χ3v) is 3.45. The summed E-state index contributed by atoms with van der Waals surface area (Å²) in [6.45, 7) is 0. The van der Waals surface area contributed by atoms with Gasteiger partial charge in [-0.2, -0.15) is 0 Å². The first kappa shape index (κ1) is 9.30. The summed E-state index contributed by atoms with van der Waals surface area (Å²) in [5.41, 5.74) is 0.